The van der Waals surface area contributed by atoms with Gasteiger partial charge in [0.1, 0.15) is 10.8 Å². The van der Waals surface area contributed by atoms with Crippen molar-refractivity contribution in [2.24, 2.45) is 38.9 Å². The summed E-state index contributed by atoms with van der Waals surface area (Å²) in [7, 11) is 0. The Labute approximate surface area is 504 Å². The second-order valence-corrected chi connectivity index (χ2v) is 31.8. The Morgan fingerprint density at radius 2 is 1.12 bits per heavy atom. The van der Waals surface area contributed by atoms with Gasteiger partial charge in [0, 0.05) is 52.1 Å². The molecule has 1 aromatic rings. The number of aromatic nitrogens is 2. The van der Waals surface area contributed by atoms with Crippen LogP contribution in [0.5, 0.6) is 0 Å². The van der Waals surface area contributed by atoms with Crippen LogP contribution in [0.2, 0.25) is 0 Å². The molecular formula is C69H118N4O8S. The maximum Gasteiger partial charge on any atom is 0.257 e. The molecule has 12 nitrogen and oxygen atoms in total. The van der Waals surface area contributed by atoms with Crippen LogP contribution in [0.3, 0.4) is 0 Å². The van der Waals surface area contributed by atoms with Crippen molar-refractivity contribution in [2.45, 2.75) is 307 Å². The zero-order valence-corrected chi connectivity index (χ0v) is 58.2. The quantitative estimate of drug-likeness (QED) is 0.190. The molecule has 3 fully saturated rings. The highest BCUT2D eigenvalue weighted by Crippen LogP contribution is 2.44. The fourth-order valence-corrected chi connectivity index (χ4v) is 9.69. The maximum atomic E-state index is 11.8. The predicted octanol–water partition coefficient (Wildman–Crippen LogP) is 16.9. The number of allylic oxidation sites excluding steroid dienone is 4. The van der Waals surface area contributed by atoms with Gasteiger partial charge in [-0.1, -0.05) is 151 Å². The van der Waals surface area contributed by atoms with Gasteiger partial charge >= 0.3 is 0 Å². The second-order valence-electron chi connectivity index (χ2n) is 30.9. The molecule has 7 aliphatic rings. The van der Waals surface area contributed by atoms with E-state index in [4.69, 9.17) is 9.47 Å². The third-order valence-electron chi connectivity index (χ3n) is 14.9. The first-order chi connectivity index (χ1) is 37.1. The van der Waals surface area contributed by atoms with Crippen molar-refractivity contribution in [3.63, 3.8) is 0 Å². The maximum absolute atomic E-state index is 11.8. The van der Waals surface area contributed by atoms with Gasteiger partial charge in [-0.25, -0.2) is 4.98 Å². The van der Waals surface area contributed by atoms with Gasteiger partial charge in [0.25, 0.3) is 23.6 Å². The summed E-state index contributed by atoms with van der Waals surface area (Å²) >= 11 is 1.47. The van der Waals surface area contributed by atoms with Gasteiger partial charge in [-0.05, 0) is 176 Å². The van der Waals surface area contributed by atoms with Crippen molar-refractivity contribution < 1.29 is 38.2 Å². The van der Waals surface area contributed by atoms with E-state index in [0.717, 1.165) is 66.4 Å². The van der Waals surface area contributed by atoms with Crippen LogP contribution in [-0.2, 0) is 43.7 Å². The smallest absolute Gasteiger partial charge is 0.257 e. The normalized spacial score (nSPS) is 21.4. The number of ether oxygens (including phenoxy) is 2. The molecule has 0 bridgehead atoms. The molecule has 2 saturated heterocycles. The Hall–Kier alpha value is -3.94. The Morgan fingerprint density at radius 3 is 1.32 bits per heavy atom. The number of hydrogen-bond donors (Lipinski definition) is 0. The van der Waals surface area contributed by atoms with E-state index in [1.54, 1.807) is 20.8 Å². The van der Waals surface area contributed by atoms with E-state index in [9.17, 15) is 28.8 Å². The fraction of sp³-hybridized carbons (Fsp3) is 0.768. The molecule has 4 aliphatic heterocycles. The summed E-state index contributed by atoms with van der Waals surface area (Å²) in [5.74, 6) is 2.75. The van der Waals surface area contributed by atoms with E-state index in [-0.39, 0.29) is 46.5 Å². The SMILES string of the molecule is CC(C)(C)C(=O)C1=CCCCC1.CC(C)(C)C1CC1.CC(C)(C)CCC(=O)C1=CCC1.CC(C)C1OC1C(C)(C)C.CC1=C(C)C(=O)N(C(C)C)C1=O.CC1=CC(=O)N(C(C)C)C1=O.CC1OC1C(C)(C)C.Cc1nc(C(C)(C)C)ns1. The Morgan fingerprint density at radius 1 is 0.634 bits per heavy atom. The molecular weight excluding hydrogens is 1040 g/mol. The van der Waals surface area contributed by atoms with Gasteiger partial charge in [0.2, 0.25) is 0 Å². The number of ketones is 2. The Balaban J connectivity index is 0.000000471. The minimum Gasteiger partial charge on any atom is -0.369 e. The first-order valence-electron chi connectivity index (χ1n) is 30.7. The van der Waals surface area contributed by atoms with Crippen LogP contribution in [0.25, 0.3) is 0 Å². The van der Waals surface area contributed by atoms with E-state index in [2.05, 4.69) is 146 Å². The highest BCUT2D eigenvalue weighted by atomic mass is 32.1. The summed E-state index contributed by atoms with van der Waals surface area (Å²) in [5.41, 5.74) is 5.33. The summed E-state index contributed by atoms with van der Waals surface area (Å²) in [6.07, 6.45) is 19.0. The number of Topliss-reactive ketones (excluding diaryl/α,β-unsaturated/α-hetero) is 2. The number of hydrogen-bond acceptors (Lipinski definition) is 11. The van der Waals surface area contributed by atoms with Crippen LogP contribution in [-0.4, -0.2) is 90.9 Å². The van der Waals surface area contributed by atoms with Gasteiger partial charge in [-0.15, -0.1) is 0 Å². The number of nitrogens with zero attached hydrogens (tertiary/aromatic N) is 4. The third kappa shape index (κ3) is 27.0. The number of aryl methyl sites for hydroxylation is 1. The van der Waals surface area contributed by atoms with Gasteiger partial charge < -0.3 is 9.47 Å². The molecule has 1 aromatic heterocycles. The monoisotopic (exact) mass is 1160 g/mol. The molecule has 5 heterocycles. The van der Waals surface area contributed by atoms with Crippen LogP contribution in [0.15, 0.2) is 46.1 Å². The number of amides is 4. The molecule has 1 saturated carbocycles. The summed E-state index contributed by atoms with van der Waals surface area (Å²) < 4.78 is 15.0. The molecule has 4 unspecified atom stereocenters. The van der Waals surface area contributed by atoms with Crippen LogP contribution < -0.4 is 0 Å². The zero-order valence-electron chi connectivity index (χ0n) is 57.4. The highest BCUT2D eigenvalue weighted by Gasteiger charge is 2.48. The predicted molar refractivity (Wildman–Crippen MR) is 340 cm³/mol. The standard InChI is InChI=1S/2C11H18O.C9H13NO2.C9H18O.C8H11NO2.C7H12N2S.C7H14O.C7H14/c1-11(2,3)8-7-10(12)9-5-4-6-9;1-11(2,3)10(12)9-7-5-4-6-8-9;1-5(2)10-8(11)6(3)7(4)9(10)12;1-6(2)7-8(10-7)9(3,4)5;1-5(2)9-7(10)4-6(3)8(9)11;1-5-8-6(9-10-5)7(2,3)4;1-5-6(8-5)7(2,3)4;1-7(2,3)6-4-5-6/h5H,4,6-8H2,1-3H3;7H,4-6,8H2,1-3H3;5H,1-4H3;6-8H,1-5H3;4-5H,1-3H3;1-4H3;5-6H,1-4H3;6H,4-5H2,1-3H3. The van der Waals surface area contributed by atoms with Gasteiger partial charge in [-0.3, -0.25) is 38.6 Å². The average Bonchev–Trinajstić information content (AvgIpc) is 4.23. The van der Waals surface area contributed by atoms with Crippen molar-refractivity contribution in [1.29, 1.82) is 0 Å². The van der Waals surface area contributed by atoms with Gasteiger partial charge in [-0.2, -0.15) is 4.37 Å². The lowest BCUT2D eigenvalue weighted by Crippen LogP contribution is -2.37. The molecule has 0 N–H and O–H groups in total. The highest BCUT2D eigenvalue weighted by molar-refractivity contribution is 7.05. The number of rotatable bonds is 7. The number of carbonyl (C=O) groups excluding carboxylic acids is 6. The van der Waals surface area contributed by atoms with E-state index >= 15 is 0 Å². The summed E-state index contributed by atoms with van der Waals surface area (Å²) in [5, 5.41) is 1.05. The third-order valence-corrected chi connectivity index (χ3v) is 15.6. The lowest BCUT2D eigenvalue weighted by molar-refractivity contribution is -0.140. The van der Waals surface area contributed by atoms with Crippen LogP contribution in [0, 0.1) is 45.8 Å². The van der Waals surface area contributed by atoms with Crippen LogP contribution >= 0.6 is 11.5 Å². The molecule has 4 atom stereocenters. The molecule has 13 heteroatoms. The van der Waals surface area contributed by atoms with Crippen molar-refractivity contribution in [1.82, 2.24) is 19.2 Å². The lowest BCUT2D eigenvalue weighted by Gasteiger charge is -2.20. The molecule has 8 rings (SSSR count). The number of carbonyl (C=O) groups is 6. The molecule has 0 aromatic carbocycles. The summed E-state index contributed by atoms with van der Waals surface area (Å²) in [4.78, 5) is 75.1. The van der Waals surface area contributed by atoms with Crippen LogP contribution in [0.1, 0.15) is 269 Å². The van der Waals surface area contributed by atoms with Crippen molar-refractivity contribution in [2.75, 3.05) is 0 Å². The lowest BCUT2D eigenvalue weighted by atomic mass is 9.82. The minimum atomic E-state index is -0.192. The largest absolute Gasteiger partial charge is 0.369 e. The van der Waals surface area contributed by atoms with Crippen molar-refractivity contribution in [3.8, 4) is 0 Å². The molecule has 82 heavy (non-hydrogen) atoms. The Kier molecular flexibility index (Phi) is 29.2. The van der Waals surface area contributed by atoms with Crippen molar-refractivity contribution >= 4 is 46.7 Å². The molecule has 468 valence electrons. The first-order valence-corrected chi connectivity index (χ1v) is 31.5. The molecule has 0 radical (unpaired) electrons. The van der Waals surface area contributed by atoms with Crippen LogP contribution in [0.4, 0.5) is 0 Å². The summed E-state index contributed by atoms with van der Waals surface area (Å²) in [6, 6.07) is -0.0823. The van der Waals surface area contributed by atoms with Gasteiger partial charge in [0.15, 0.2) is 11.6 Å². The first kappa shape index (κ1) is 76.1. The average molecular weight is 1160 g/mol. The van der Waals surface area contributed by atoms with E-state index in [0.29, 0.717) is 80.3 Å². The molecule has 4 amide bonds. The minimum absolute atomic E-state index is 0.0382. The van der Waals surface area contributed by atoms with E-state index in [1.807, 2.05) is 55.4 Å². The second kappa shape index (κ2) is 31.4. The van der Waals surface area contributed by atoms with Gasteiger partial charge in [0.05, 0.1) is 24.4 Å². The Bertz CT molecular complexity index is 2400. The fourth-order valence-electron chi connectivity index (χ4n) is 9.03. The topological polar surface area (TPSA) is 160 Å². The molecule has 3 aliphatic carbocycles. The zero-order chi connectivity index (χ0) is 64.0. The van der Waals surface area contributed by atoms with E-state index in [1.165, 1.54) is 53.1 Å². The van der Waals surface area contributed by atoms with Crippen molar-refractivity contribution in [3.05, 3.63) is 56.9 Å². The number of imide groups is 2. The van der Waals surface area contributed by atoms with E-state index < -0.39 is 0 Å². The summed E-state index contributed by atoms with van der Waals surface area (Å²) in [6.45, 7) is 60.1. The number of epoxide rings is 2. The molecule has 0 spiro atoms.